The fraction of sp³-hybridized carbons (Fsp3) is 0.0833. The van der Waals surface area contributed by atoms with Crippen molar-refractivity contribution >= 4 is 28.4 Å². The lowest BCUT2D eigenvalue weighted by molar-refractivity contribution is -0.115. The van der Waals surface area contributed by atoms with Crippen LogP contribution in [0, 0.1) is 11.5 Å². The van der Waals surface area contributed by atoms with Gasteiger partial charge in [-0.3, -0.25) is 10.1 Å². The maximum atomic E-state index is 11.7. The standard InChI is InChI=1S/C12H9N3OS/c1-8(9-5-3-2-4-6-9)10-11(16)15-12(17-10)14-7-13/h2-6H,1H3,(H,14,15,16)/b10-8-. The van der Waals surface area contributed by atoms with E-state index in [0.717, 1.165) is 11.1 Å². The van der Waals surface area contributed by atoms with Gasteiger partial charge in [-0.2, -0.15) is 5.26 Å². The van der Waals surface area contributed by atoms with Gasteiger partial charge < -0.3 is 0 Å². The van der Waals surface area contributed by atoms with Crippen LogP contribution in [0.2, 0.25) is 0 Å². The number of aliphatic imine (C=N–C) groups is 1. The van der Waals surface area contributed by atoms with Crippen molar-refractivity contribution in [3.05, 3.63) is 40.8 Å². The number of hydrogen-bond acceptors (Lipinski definition) is 4. The molecule has 1 aromatic rings. The summed E-state index contributed by atoms with van der Waals surface area (Å²) in [5.41, 5.74) is 1.87. The number of amides is 1. The summed E-state index contributed by atoms with van der Waals surface area (Å²) in [5.74, 6) is -0.203. The molecule has 0 spiro atoms. The molecule has 17 heavy (non-hydrogen) atoms. The van der Waals surface area contributed by atoms with Crippen molar-refractivity contribution in [3.63, 3.8) is 0 Å². The SMILES string of the molecule is C/C(=C1/SC(=NC#N)NC1=O)c1ccccc1. The highest BCUT2D eigenvalue weighted by Crippen LogP contribution is 2.31. The van der Waals surface area contributed by atoms with Gasteiger partial charge in [0.2, 0.25) is 6.19 Å². The molecule has 84 valence electrons. The minimum absolute atomic E-state index is 0.203. The number of carbonyl (C=O) groups is 1. The van der Waals surface area contributed by atoms with E-state index in [4.69, 9.17) is 5.26 Å². The van der Waals surface area contributed by atoms with Crippen molar-refractivity contribution in [1.82, 2.24) is 5.32 Å². The molecule has 1 saturated heterocycles. The highest BCUT2D eigenvalue weighted by atomic mass is 32.2. The summed E-state index contributed by atoms with van der Waals surface area (Å²) in [4.78, 5) is 15.8. The Balaban J connectivity index is 2.38. The molecule has 1 fully saturated rings. The summed E-state index contributed by atoms with van der Waals surface area (Å²) in [6, 6.07) is 9.64. The van der Waals surface area contributed by atoms with Gasteiger partial charge in [0.05, 0.1) is 4.91 Å². The largest absolute Gasteiger partial charge is 0.300 e. The third-order valence-corrected chi connectivity index (χ3v) is 3.41. The number of thioether (sulfide) groups is 1. The first-order valence-electron chi connectivity index (χ1n) is 4.94. The number of carbonyl (C=O) groups excluding carboxylic acids is 1. The van der Waals surface area contributed by atoms with Crippen LogP contribution in [0.5, 0.6) is 0 Å². The van der Waals surface area contributed by atoms with Crippen LogP contribution in [0.15, 0.2) is 40.2 Å². The van der Waals surface area contributed by atoms with Crippen molar-refractivity contribution in [3.8, 4) is 6.19 Å². The quantitative estimate of drug-likeness (QED) is 0.607. The zero-order valence-corrected chi connectivity index (χ0v) is 9.91. The van der Waals surface area contributed by atoms with Crippen molar-refractivity contribution in [2.45, 2.75) is 6.92 Å². The molecule has 1 N–H and O–H groups in total. The van der Waals surface area contributed by atoms with Crippen molar-refractivity contribution in [2.24, 2.45) is 4.99 Å². The zero-order valence-electron chi connectivity index (χ0n) is 9.10. The number of amidine groups is 1. The van der Waals surface area contributed by atoms with Gasteiger partial charge in [0.15, 0.2) is 5.17 Å². The Labute approximate surface area is 103 Å². The molecule has 2 rings (SSSR count). The summed E-state index contributed by atoms with van der Waals surface area (Å²) in [7, 11) is 0. The van der Waals surface area contributed by atoms with E-state index in [2.05, 4.69) is 10.3 Å². The minimum Gasteiger partial charge on any atom is -0.300 e. The number of nitrogens with one attached hydrogen (secondary N) is 1. The molecule has 0 bridgehead atoms. The van der Waals surface area contributed by atoms with Gasteiger partial charge in [-0.25, -0.2) is 0 Å². The highest BCUT2D eigenvalue weighted by molar-refractivity contribution is 8.18. The average molecular weight is 243 g/mol. The van der Waals surface area contributed by atoms with Gasteiger partial charge in [-0.15, -0.1) is 4.99 Å². The lowest BCUT2D eigenvalue weighted by Gasteiger charge is -2.02. The molecular formula is C12H9N3OS. The van der Waals surface area contributed by atoms with E-state index in [1.807, 2.05) is 37.3 Å². The predicted molar refractivity (Wildman–Crippen MR) is 67.8 cm³/mol. The normalized spacial score (nSPS) is 20.0. The van der Waals surface area contributed by atoms with Crippen LogP contribution < -0.4 is 5.32 Å². The number of hydrogen-bond donors (Lipinski definition) is 1. The first-order chi connectivity index (χ1) is 8.22. The van der Waals surface area contributed by atoms with E-state index in [-0.39, 0.29) is 5.91 Å². The molecule has 5 heteroatoms. The lowest BCUT2D eigenvalue weighted by Crippen LogP contribution is -2.19. The average Bonchev–Trinajstić information content (AvgIpc) is 2.71. The fourth-order valence-corrected chi connectivity index (χ4v) is 2.32. The second kappa shape index (κ2) is 4.85. The van der Waals surface area contributed by atoms with Crippen LogP contribution in [0.4, 0.5) is 0 Å². The predicted octanol–water partition coefficient (Wildman–Crippen LogP) is 2.12. The van der Waals surface area contributed by atoms with Crippen molar-refractivity contribution in [1.29, 1.82) is 5.26 Å². The molecule has 4 nitrogen and oxygen atoms in total. The Morgan fingerprint density at radius 1 is 1.41 bits per heavy atom. The Kier molecular flexibility index (Phi) is 3.26. The third kappa shape index (κ3) is 2.37. The van der Waals surface area contributed by atoms with Gasteiger partial charge >= 0.3 is 0 Å². The second-order valence-corrected chi connectivity index (χ2v) is 4.39. The molecule has 1 amide bonds. The number of benzene rings is 1. The van der Waals surface area contributed by atoms with Crippen LogP contribution in [0.3, 0.4) is 0 Å². The number of rotatable bonds is 1. The molecule has 0 unspecified atom stereocenters. The van der Waals surface area contributed by atoms with E-state index < -0.39 is 0 Å². The first-order valence-corrected chi connectivity index (χ1v) is 5.76. The molecule has 1 aliphatic heterocycles. The van der Waals surface area contributed by atoms with Gasteiger partial charge in [0.25, 0.3) is 5.91 Å². The van der Waals surface area contributed by atoms with E-state index in [1.165, 1.54) is 11.8 Å². The summed E-state index contributed by atoms with van der Waals surface area (Å²) in [5, 5.41) is 11.3. The Morgan fingerprint density at radius 2 is 2.12 bits per heavy atom. The third-order valence-electron chi connectivity index (χ3n) is 2.32. The molecular weight excluding hydrogens is 234 g/mol. The second-order valence-electron chi connectivity index (χ2n) is 3.39. The van der Waals surface area contributed by atoms with E-state index in [0.29, 0.717) is 10.1 Å². The first kappa shape index (κ1) is 11.4. The Bertz CT molecular complexity index is 555. The van der Waals surface area contributed by atoms with Crippen LogP contribution in [-0.4, -0.2) is 11.1 Å². The zero-order chi connectivity index (χ0) is 12.3. The van der Waals surface area contributed by atoms with Crippen LogP contribution >= 0.6 is 11.8 Å². The van der Waals surface area contributed by atoms with Gasteiger partial charge in [0.1, 0.15) is 0 Å². The van der Waals surface area contributed by atoms with E-state index in [9.17, 15) is 4.79 Å². The lowest BCUT2D eigenvalue weighted by atomic mass is 10.1. The molecule has 1 aliphatic rings. The van der Waals surface area contributed by atoms with Crippen LogP contribution in [0.25, 0.3) is 5.57 Å². The van der Waals surface area contributed by atoms with Crippen LogP contribution in [-0.2, 0) is 4.79 Å². The molecule has 1 heterocycles. The molecule has 0 radical (unpaired) electrons. The number of allylic oxidation sites excluding steroid dienone is 1. The van der Waals surface area contributed by atoms with E-state index in [1.54, 1.807) is 6.19 Å². The molecule has 0 aliphatic carbocycles. The maximum Gasteiger partial charge on any atom is 0.264 e. The monoisotopic (exact) mass is 243 g/mol. The summed E-state index contributed by atoms with van der Waals surface area (Å²) in [6.07, 6.45) is 1.66. The number of nitrogens with zero attached hydrogens (tertiary/aromatic N) is 2. The van der Waals surface area contributed by atoms with Crippen molar-refractivity contribution in [2.75, 3.05) is 0 Å². The molecule has 0 atom stereocenters. The number of nitriles is 1. The van der Waals surface area contributed by atoms with Gasteiger partial charge in [0, 0.05) is 0 Å². The summed E-state index contributed by atoms with van der Waals surface area (Å²) >= 11 is 1.19. The Morgan fingerprint density at radius 3 is 2.76 bits per heavy atom. The smallest absolute Gasteiger partial charge is 0.264 e. The van der Waals surface area contributed by atoms with E-state index >= 15 is 0 Å². The maximum absolute atomic E-state index is 11.7. The Hall–Kier alpha value is -2.06. The van der Waals surface area contributed by atoms with Crippen LogP contribution in [0.1, 0.15) is 12.5 Å². The highest BCUT2D eigenvalue weighted by Gasteiger charge is 2.26. The van der Waals surface area contributed by atoms with Crippen molar-refractivity contribution < 1.29 is 4.79 Å². The van der Waals surface area contributed by atoms with Gasteiger partial charge in [-0.05, 0) is 29.8 Å². The fourth-order valence-electron chi connectivity index (χ4n) is 1.48. The van der Waals surface area contributed by atoms with Gasteiger partial charge in [-0.1, -0.05) is 30.3 Å². The minimum atomic E-state index is -0.203. The summed E-state index contributed by atoms with van der Waals surface area (Å²) in [6.45, 7) is 1.88. The molecule has 0 saturated carbocycles. The topological polar surface area (TPSA) is 65.2 Å². The molecule has 0 aromatic heterocycles. The molecule has 1 aromatic carbocycles. The summed E-state index contributed by atoms with van der Waals surface area (Å²) < 4.78 is 0.